The molecule has 9 nitrogen and oxygen atoms in total. The predicted molar refractivity (Wildman–Crippen MR) is 143 cm³/mol. The molecular weight excluding hydrogens is 532 g/mol. The lowest BCUT2D eigenvalue weighted by molar-refractivity contribution is -0.384. The van der Waals surface area contributed by atoms with E-state index < -0.39 is 21.3 Å². The minimum Gasteiger partial charge on any atom is -0.355 e. The van der Waals surface area contributed by atoms with Gasteiger partial charge in [0.1, 0.15) is 6.23 Å². The first kappa shape index (κ1) is 27.7. The summed E-state index contributed by atoms with van der Waals surface area (Å²) in [5, 5.41) is 11.7. The number of nitro benzene ring substituents is 1. The van der Waals surface area contributed by atoms with E-state index in [4.69, 9.17) is 20.5 Å². The van der Waals surface area contributed by atoms with Crippen LogP contribution < -0.4 is 4.90 Å². The molecule has 3 aromatic carbocycles. The molecule has 0 radical (unpaired) electrons. The monoisotopic (exact) mass is 558 g/mol. The van der Waals surface area contributed by atoms with Crippen LogP contribution in [0.15, 0.2) is 65.6 Å². The molecule has 11 heteroatoms. The molecule has 0 spiro atoms. The molecule has 1 aliphatic heterocycles. The summed E-state index contributed by atoms with van der Waals surface area (Å²) < 4.78 is 36.2. The highest BCUT2D eigenvalue weighted by molar-refractivity contribution is 7.86. The van der Waals surface area contributed by atoms with E-state index in [2.05, 4.69) is 0 Å². The molecule has 0 aromatic heterocycles. The van der Waals surface area contributed by atoms with E-state index in [1.165, 1.54) is 35.2 Å². The summed E-state index contributed by atoms with van der Waals surface area (Å²) in [5.41, 5.74) is 3.06. The molecule has 4 rings (SSSR count). The van der Waals surface area contributed by atoms with E-state index >= 15 is 0 Å². The molecule has 0 fully saturated rings. The average molecular weight is 559 g/mol. The van der Waals surface area contributed by atoms with E-state index in [0.717, 1.165) is 11.1 Å². The number of carbonyl (C=O) groups is 1. The molecule has 0 saturated carbocycles. The van der Waals surface area contributed by atoms with Crippen molar-refractivity contribution in [2.45, 2.75) is 44.2 Å². The van der Waals surface area contributed by atoms with Crippen LogP contribution in [0.3, 0.4) is 0 Å². The second kappa shape index (κ2) is 11.6. The molecule has 200 valence electrons. The number of ether oxygens (including phenoxy) is 1. The second-order valence-electron chi connectivity index (χ2n) is 9.01. The molecular formula is C27H27ClN2O7S. The molecule has 0 N–H and O–H groups in total. The lowest BCUT2D eigenvalue weighted by atomic mass is 10.0. The highest BCUT2D eigenvalue weighted by Crippen LogP contribution is 2.34. The van der Waals surface area contributed by atoms with Gasteiger partial charge in [0.25, 0.3) is 21.7 Å². The number of fused-ring (bicyclic) bond motifs is 1. The van der Waals surface area contributed by atoms with Crippen molar-refractivity contribution in [2.75, 3.05) is 18.1 Å². The van der Waals surface area contributed by atoms with Crippen LogP contribution in [0.1, 0.15) is 39.9 Å². The van der Waals surface area contributed by atoms with E-state index in [-0.39, 0.29) is 29.7 Å². The number of hydrogen-bond donors (Lipinski definition) is 0. The lowest BCUT2D eigenvalue weighted by Crippen LogP contribution is -2.42. The molecule has 1 amide bonds. The molecule has 38 heavy (non-hydrogen) atoms. The van der Waals surface area contributed by atoms with Crippen LogP contribution in [0, 0.1) is 24.0 Å². The normalized spacial score (nSPS) is 15.6. The van der Waals surface area contributed by atoms with Crippen LogP contribution >= 0.6 is 11.6 Å². The molecule has 0 bridgehead atoms. The van der Waals surface area contributed by atoms with Crippen molar-refractivity contribution >= 4 is 39.0 Å². The summed E-state index contributed by atoms with van der Waals surface area (Å²) in [5.74, 6) is -0.388. The fourth-order valence-electron chi connectivity index (χ4n) is 4.37. The third kappa shape index (κ3) is 6.21. The third-order valence-corrected chi connectivity index (χ3v) is 7.86. The van der Waals surface area contributed by atoms with Crippen molar-refractivity contribution in [3.8, 4) is 0 Å². The Hall–Kier alpha value is -3.31. The van der Waals surface area contributed by atoms with Gasteiger partial charge in [-0.3, -0.25) is 24.0 Å². The number of halogens is 1. The van der Waals surface area contributed by atoms with Gasteiger partial charge in [-0.25, -0.2) is 0 Å². The van der Waals surface area contributed by atoms with Crippen molar-refractivity contribution in [1.29, 1.82) is 0 Å². The molecule has 0 aliphatic carbocycles. The summed E-state index contributed by atoms with van der Waals surface area (Å²) in [6.07, 6.45) is 1.13. The van der Waals surface area contributed by atoms with Crippen LogP contribution in [-0.2, 0) is 25.5 Å². The van der Waals surface area contributed by atoms with E-state index in [9.17, 15) is 23.3 Å². The summed E-state index contributed by atoms with van der Waals surface area (Å²) in [4.78, 5) is 26.1. The number of non-ortho nitro benzene ring substituents is 1. The zero-order valence-corrected chi connectivity index (χ0v) is 22.5. The Morgan fingerprint density at radius 1 is 1.08 bits per heavy atom. The minimum absolute atomic E-state index is 0.0498. The molecule has 3 aromatic rings. The number of aryl methyl sites for hydroxylation is 3. The second-order valence-corrected chi connectivity index (χ2v) is 11.1. The first-order valence-corrected chi connectivity index (χ1v) is 13.8. The highest BCUT2D eigenvalue weighted by atomic mass is 35.5. The predicted octanol–water partition coefficient (Wildman–Crippen LogP) is 5.60. The Morgan fingerprint density at radius 3 is 2.50 bits per heavy atom. The SMILES string of the molecule is Cc1ccc(S(=O)(=O)OCCOC2CCCc3cc(Cl)ccc3N2C(=O)c2ccc([N+](=O)[O-])cc2C)cc1. The molecule has 0 saturated heterocycles. The van der Waals surface area contributed by atoms with Crippen molar-refractivity contribution in [3.63, 3.8) is 0 Å². The van der Waals surface area contributed by atoms with Crippen molar-refractivity contribution in [3.05, 3.63) is 98.1 Å². The zero-order chi connectivity index (χ0) is 27.4. The maximum atomic E-state index is 13.8. The first-order valence-electron chi connectivity index (χ1n) is 12.0. The molecule has 1 aliphatic rings. The van der Waals surface area contributed by atoms with Gasteiger partial charge in [0.15, 0.2) is 0 Å². The van der Waals surface area contributed by atoms with Crippen molar-refractivity contribution in [1.82, 2.24) is 0 Å². The van der Waals surface area contributed by atoms with Gasteiger partial charge in [-0.05, 0) is 80.6 Å². The van der Waals surface area contributed by atoms with Crippen LogP contribution in [0.2, 0.25) is 5.02 Å². The summed E-state index contributed by atoms with van der Waals surface area (Å²) in [7, 11) is -3.96. The maximum absolute atomic E-state index is 13.8. The van der Waals surface area contributed by atoms with Gasteiger partial charge >= 0.3 is 0 Å². The Kier molecular flexibility index (Phi) is 8.47. The quantitative estimate of drug-likeness (QED) is 0.153. The molecule has 1 heterocycles. The fraction of sp³-hybridized carbons (Fsp3) is 0.296. The van der Waals surface area contributed by atoms with E-state index in [1.54, 1.807) is 37.3 Å². The smallest absolute Gasteiger partial charge is 0.297 e. The number of anilines is 1. The van der Waals surface area contributed by atoms with Crippen LogP contribution in [0.5, 0.6) is 0 Å². The van der Waals surface area contributed by atoms with Gasteiger partial charge in [0, 0.05) is 28.4 Å². The largest absolute Gasteiger partial charge is 0.355 e. The minimum atomic E-state index is -3.96. The number of carbonyl (C=O) groups excluding carboxylic acids is 1. The standard InChI is InChI=1S/C27H27ClN2O7S/c1-18-6-10-23(11-7-18)38(34,35)37-15-14-36-26-5-3-4-20-17-21(28)8-13-25(20)29(26)27(31)24-12-9-22(30(32)33)16-19(24)2/h6-13,16-17,26H,3-5,14-15H2,1-2H3. The maximum Gasteiger partial charge on any atom is 0.297 e. The van der Waals surface area contributed by atoms with E-state index in [1.807, 2.05) is 6.92 Å². The lowest BCUT2D eigenvalue weighted by Gasteiger charge is -2.31. The van der Waals surface area contributed by atoms with Gasteiger partial charge in [0.2, 0.25) is 0 Å². The van der Waals surface area contributed by atoms with Gasteiger partial charge < -0.3 is 4.74 Å². The summed E-state index contributed by atoms with van der Waals surface area (Å²) in [6, 6.07) is 15.6. The van der Waals surface area contributed by atoms with Gasteiger partial charge in [-0.2, -0.15) is 8.42 Å². The summed E-state index contributed by atoms with van der Waals surface area (Å²) >= 11 is 6.22. The molecule has 1 unspecified atom stereocenters. The highest BCUT2D eigenvalue weighted by Gasteiger charge is 2.32. The van der Waals surface area contributed by atoms with Gasteiger partial charge in [0.05, 0.1) is 23.0 Å². The van der Waals surface area contributed by atoms with Crippen LogP contribution in [0.4, 0.5) is 11.4 Å². The number of nitro groups is 1. The zero-order valence-electron chi connectivity index (χ0n) is 20.9. The average Bonchev–Trinajstić information content (AvgIpc) is 3.05. The summed E-state index contributed by atoms with van der Waals surface area (Å²) in [6.45, 7) is 3.18. The van der Waals surface area contributed by atoms with Gasteiger partial charge in [-0.15, -0.1) is 0 Å². The number of nitrogens with zero attached hydrogens (tertiary/aromatic N) is 2. The number of rotatable bonds is 8. The topological polar surface area (TPSA) is 116 Å². The number of amides is 1. The van der Waals surface area contributed by atoms with Crippen LogP contribution in [-0.4, -0.2) is 38.7 Å². The number of hydrogen-bond acceptors (Lipinski definition) is 7. The van der Waals surface area contributed by atoms with Crippen molar-refractivity contribution in [2.24, 2.45) is 0 Å². The Bertz CT molecular complexity index is 1460. The third-order valence-electron chi connectivity index (χ3n) is 6.30. The van der Waals surface area contributed by atoms with Gasteiger partial charge in [-0.1, -0.05) is 29.3 Å². The fourth-order valence-corrected chi connectivity index (χ4v) is 5.46. The Balaban J connectivity index is 1.56. The molecule has 1 atom stereocenters. The van der Waals surface area contributed by atoms with Crippen molar-refractivity contribution < 1.29 is 27.1 Å². The first-order chi connectivity index (χ1) is 18.1. The van der Waals surface area contributed by atoms with E-state index in [0.29, 0.717) is 41.1 Å². The van der Waals surface area contributed by atoms with Crippen LogP contribution in [0.25, 0.3) is 0 Å². The number of benzene rings is 3. The Morgan fingerprint density at radius 2 is 1.82 bits per heavy atom. The Labute approximate surface area is 226 Å².